The van der Waals surface area contributed by atoms with Crippen LogP contribution >= 0.6 is 24.4 Å². The van der Waals surface area contributed by atoms with Gasteiger partial charge in [-0.1, -0.05) is 0 Å². The lowest BCUT2D eigenvalue weighted by molar-refractivity contribution is -0.0795. The van der Waals surface area contributed by atoms with Crippen LogP contribution < -0.4 is 0 Å². The Morgan fingerprint density at radius 1 is 1.38 bits per heavy atom. The van der Waals surface area contributed by atoms with Crippen LogP contribution in [-0.2, 0) is 9.47 Å². The van der Waals surface area contributed by atoms with Gasteiger partial charge in [-0.05, 0) is 24.3 Å². The molecule has 0 saturated carbocycles. The molecule has 0 N–H and O–H groups in total. The zero-order valence-corrected chi connectivity index (χ0v) is 9.36. The summed E-state index contributed by atoms with van der Waals surface area (Å²) in [7, 11) is 0. The second kappa shape index (κ2) is 4.91. The fraction of sp³-hybridized carbons (Fsp3) is 1.00. The maximum Gasteiger partial charge on any atom is 0.159 e. The first-order valence-electron chi connectivity index (χ1n) is 4.88. The highest BCUT2D eigenvalue weighted by molar-refractivity contribution is 7.99. The van der Waals surface area contributed by atoms with Crippen molar-refractivity contribution in [1.82, 2.24) is 0 Å². The summed E-state index contributed by atoms with van der Waals surface area (Å²) in [5, 5.41) is 0.756. The average molecular weight is 220 g/mol. The number of thiol groups is 1. The molecule has 2 saturated heterocycles. The van der Waals surface area contributed by atoms with Gasteiger partial charge in [-0.3, -0.25) is 0 Å². The van der Waals surface area contributed by atoms with Crippen LogP contribution in [0.3, 0.4) is 0 Å². The average Bonchev–Trinajstić information content (AvgIpc) is 2.46. The zero-order chi connectivity index (χ0) is 9.10. The third-order valence-electron chi connectivity index (χ3n) is 2.45. The molecule has 2 bridgehead atoms. The molecule has 2 aliphatic rings. The molecule has 2 nitrogen and oxygen atoms in total. The van der Waals surface area contributed by atoms with Gasteiger partial charge < -0.3 is 9.47 Å². The molecule has 2 aliphatic heterocycles. The summed E-state index contributed by atoms with van der Waals surface area (Å²) in [6, 6.07) is 0. The minimum Gasteiger partial charge on any atom is -0.350 e. The molecule has 0 aromatic rings. The monoisotopic (exact) mass is 220 g/mol. The Morgan fingerprint density at radius 2 is 2.31 bits per heavy atom. The standard InChI is InChI=1S/C9H16O2S2/c12-2-1-3-13-8-4-7-6-10-9(5-8)11-7/h7-9,12H,1-6H2. The molecular formula is C9H16O2S2. The number of fused-ring (bicyclic) bond motifs is 2. The van der Waals surface area contributed by atoms with E-state index in [-0.39, 0.29) is 6.29 Å². The normalized spacial score (nSPS) is 38.1. The van der Waals surface area contributed by atoms with E-state index < -0.39 is 0 Å². The van der Waals surface area contributed by atoms with Gasteiger partial charge in [0.1, 0.15) is 0 Å². The summed E-state index contributed by atoms with van der Waals surface area (Å²) in [4.78, 5) is 0. The lowest BCUT2D eigenvalue weighted by atomic mass is 10.1. The van der Waals surface area contributed by atoms with Crippen LogP contribution in [0, 0.1) is 0 Å². The van der Waals surface area contributed by atoms with E-state index in [0.29, 0.717) is 6.10 Å². The number of hydrogen-bond acceptors (Lipinski definition) is 4. The van der Waals surface area contributed by atoms with Gasteiger partial charge in [-0.2, -0.15) is 24.4 Å². The van der Waals surface area contributed by atoms with Gasteiger partial charge in [-0.15, -0.1) is 0 Å². The molecule has 13 heavy (non-hydrogen) atoms. The van der Waals surface area contributed by atoms with E-state index in [1.54, 1.807) is 0 Å². The number of thioether (sulfide) groups is 1. The summed E-state index contributed by atoms with van der Waals surface area (Å²) >= 11 is 6.26. The summed E-state index contributed by atoms with van der Waals surface area (Å²) in [5.74, 6) is 2.23. The zero-order valence-electron chi connectivity index (χ0n) is 7.65. The highest BCUT2D eigenvalue weighted by Crippen LogP contribution is 2.33. The van der Waals surface area contributed by atoms with Crippen LogP contribution in [0.15, 0.2) is 0 Å². The minimum atomic E-state index is 0.104. The van der Waals surface area contributed by atoms with Crippen LogP contribution in [0.4, 0.5) is 0 Å². The molecule has 0 amide bonds. The molecule has 2 fully saturated rings. The molecule has 2 heterocycles. The third-order valence-corrected chi connectivity index (χ3v) is 4.15. The molecule has 0 spiro atoms. The Labute approximate surface area is 89.2 Å². The molecule has 76 valence electrons. The molecule has 2 rings (SSSR count). The highest BCUT2D eigenvalue weighted by atomic mass is 32.2. The van der Waals surface area contributed by atoms with Crippen molar-refractivity contribution in [3.63, 3.8) is 0 Å². The van der Waals surface area contributed by atoms with Crippen molar-refractivity contribution in [2.45, 2.75) is 36.9 Å². The number of ether oxygens (including phenoxy) is 2. The summed E-state index contributed by atoms with van der Waals surface area (Å²) in [5.41, 5.74) is 0. The lowest BCUT2D eigenvalue weighted by Gasteiger charge is -2.25. The predicted octanol–water partition coefficient (Wildman–Crippen LogP) is 1.94. The Morgan fingerprint density at radius 3 is 3.08 bits per heavy atom. The first-order chi connectivity index (χ1) is 6.38. The highest BCUT2D eigenvalue weighted by Gasteiger charge is 2.35. The van der Waals surface area contributed by atoms with Gasteiger partial charge >= 0.3 is 0 Å². The van der Waals surface area contributed by atoms with Gasteiger partial charge in [0, 0.05) is 11.7 Å². The lowest BCUT2D eigenvalue weighted by Crippen LogP contribution is -2.27. The van der Waals surface area contributed by atoms with E-state index in [1.165, 1.54) is 18.6 Å². The van der Waals surface area contributed by atoms with Crippen molar-refractivity contribution in [2.24, 2.45) is 0 Å². The van der Waals surface area contributed by atoms with Crippen molar-refractivity contribution >= 4 is 24.4 Å². The van der Waals surface area contributed by atoms with Gasteiger partial charge in [0.15, 0.2) is 6.29 Å². The van der Waals surface area contributed by atoms with E-state index in [0.717, 1.165) is 24.0 Å². The van der Waals surface area contributed by atoms with E-state index >= 15 is 0 Å². The van der Waals surface area contributed by atoms with Crippen LogP contribution in [0.25, 0.3) is 0 Å². The summed E-state index contributed by atoms with van der Waals surface area (Å²) < 4.78 is 11.0. The molecule has 0 aliphatic carbocycles. The topological polar surface area (TPSA) is 18.5 Å². The molecule has 0 aromatic carbocycles. The van der Waals surface area contributed by atoms with E-state index in [1.807, 2.05) is 0 Å². The SMILES string of the molecule is SCCCSC1CC2COC(C1)O2. The predicted molar refractivity (Wildman–Crippen MR) is 58.6 cm³/mol. The molecule has 0 aromatic heterocycles. The first kappa shape index (κ1) is 10.1. The van der Waals surface area contributed by atoms with Crippen molar-refractivity contribution < 1.29 is 9.47 Å². The molecule has 3 unspecified atom stereocenters. The van der Waals surface area contributed by atoms with Gasteiger partial charge in [-0.25, -0.2) is 0 Å². The molecular weight excluding hydrogens is 204 g/mol. The van der Waals surface area contributed by atoms with E-state index in [4.69, 9.17) is 9.47 Å². The van der Waals surface area contributed by atoms with Crippen LogP contribution in [-0.4, -0.2) is 35.8 Å². The number of hydrogen-bond donors (Lipinski definition) is 1. The largest absolute Gasteiger partial charge is 0.350 e. The Kier molecular flexibility index (Phi) is 3.84. The quantitative estimate of drug-likeness (QED) is 0.577. The second-order valence-corrected chi connectivity index (χ2v) is 5.42. The fourth-order valence-corrected chi connectivity index (χ4v) is 3.47. The second-order valence-electron chi connectivity index (χ2n) is 3.56. The number of rotatable bonds is 4. The maximum absolute atomic E-state index is 5.58. The minimum absolute atomic E-state index is 0.104. The van der Waals surface area contributed by atoms with Crippen molar-refractivity contribution in [2.75, 3.05) is 18.1 Å². The molecule has 0 radical (unpaired) electrons. The fourth-order valence-electron chi connectivity index (χ4n) is 1.81. The Bertz CT molecular complexity index is 154. The smallest absolute Gasteiger partial charge is 0.159 e. The van der Waals surface area contributed by atoms with Crippen molar-refractivity contribution in [1.29, 1.82) is 0 Å². The third kappa shape index (κ3) is 2.78. The Balaban J connectivity index is 1.69. The van der Waals surface area contributed by atoms with Crippen molar-refractivity contribution in [3.05, 3.63) is 0 Å². The van der Waals surface area contributed by atoms with Crippen molar-refractivity contribution in [3.8, 4) is 0 Å². The molecule has 3 atom stereocenters. The van der Waals surface area contributed by atoms with Gasteiger partial charge in [0.05, 0.1) is 12.7 Å². The van der Waals surface area contributed by atoms with Crippen LogP contribution in [0.5, 0.6) is 0 Å². The van der Waals surface area contributed by atoms with Crippen LogP contribution in [0.1, 0.15) is 19.3 Å². The van der Waals surface area contributed by atoms with E-state index in [9.17, 15) is 0 Å². The maximum atomic E-state index is 5.58. The molecule has 4 heteroatoms. The van der Waals surface area contributed by atoms with Crippen LogP contribution in [0.2, 0.25) is 0 Å². The van der Waals surface area contributed by atoms with E-state index in [2.05, 4.69) is 24.4 Å². The van der Waals surface area contributed by atoms with Gasteiger partial charge in [0.2, 0.25) is 0 Å². The Hall–Kier alpha value is 0.620. The summed E-state index contributed by atoms with van der Waals surface area (Å²) in [6.07, 6.45) is 3.95. The summed E-state index contributed by atoms with van der Waals surface area (Å²) in [6.45, 7) is 0.814. The van der Waals surface area contributed by atoms with Gasteiger partial charge in [0.25, 0.3) is 0 Å². The first-order valence-corrected chi connectivity index (χ1v) is 6.56.